The van der Waals surface area contributed by atoms with Crippen molar-refractivity contribution in [2.45, 2.75) is 6.04 Å². The number of aromatic nitrogens is 1. The second-order valence-corrected chi connectivity index (χ2v) is 6.70. The van der Waals surface area contributed by atoms with Crippen molar-refractivity contribution in [2.24, 2.45) is 10.3 Å². The van der Waals surface area contributed by atoms with Crippen LogP contribution in [-0.4, -0.2) is 83.2 Å². The molecule has 1 aromatic heterocycles. The molecule has 2 aliphatic rings. The molecule has 2 aliphatic heterocycles. The summed E-state index contributed by atoms with van der Waals surface area (Å²) in [6.07, 6.45) is 1.23. The highest BCUT2D eigenvalue weighted by Gasteiger charge is 2.48. The SMILES string of the molecule is CO/N=C/C1=C(C(=O)O)N2C(=O)[C@@H](NC(=O)/C(=N/OC)c3csc(N)n3)CN2C1. The first-order valence-corrected chi connectivity index (χ1v) is 9.00. The summed E-state index contributed by atoms with van der Waals surface area (Å²) in [5, 5.41) is 23.5. The first kappa shape index (κ1) is 20.2. The Kier molecular flexibility index (Phi) is 5.74. The molecule has 3 heterocycles. The molecular weight excluding hydrogens is 406 g/mol. The van der Waals surface area contributed by atoms with Crippen molar-refractivity contribution in [3.8, 4) is 0 Å². The molecule has 0 radical (unpaired) electrons. The third-order valence-corrected chi connectivity index (χ3v) is 4.71. The average Bonchev–Trinajstić information content (AvgIpc) is 3.33. The van der Waals surface area contributed by atoms with Crippen molar-refractivity contribution in [1.82, 2.24) is 20.3 Å². The summed E-state index contributed by atoms with van der Waals surface area (Å²) in [5.41, 5.74) is 5.68. The quantitative estimate of drug-likeness (QED) is 0.352. The molecule has 0 aromatic carbocycles. The molecule has 0 saturated carbocycles. The third kappa shape index (κ3) is 3.88. The molecule has 0 unspecified atom stereocenters. The summed E-state index contributed by atoms with van der Waals surface area (Å²) < 4.78 is 0. The van der Waals surface area contributed by atoms with E-state index in [9.17, 15) is 19.5 Å². The lowest BCUT2D eigenvalue weighted by atomic mass is 10.2. The average molecular weight is 423 g/mol. The number of thiazole rings is 1. The summed E-state index contributed by atoms with van der Waals surface area (Å²) in [6, 6.07) is -0.990. The summed E-state index contributed by atoms with van der Waals surface area (Å²) in [6.45, 7) is 0.180. The van der Waals surface area contributed by atoms with Crippen molar-refractivity contribution >= 4 is 46.2 Å². The number of carboxylic acids is 1. The van der Waals surface area contributed by atoms with E-state index in [2.05, 4.69) is 30.3 Å². The number of hydrogen-bond donors (Lipinski definition) is 3. The van der Waals surface area contributed by atoms with Gasteiger partial charge in [-0.15, -0.1) is 11.3 Å². The second-order valence-electron chi connectivity index (χ2n) is 5.81. The summed E-state index contributed by atoms with van der Waals surface area (Å²) in [7, 11) is 2.58. The maximum absolute atomic E-state index is 12.8. The number of hydrazine groups is 1. The van der Waals surface area contributed by atoms with E-state index in [-0.39, 0.29) is 35.3 Å². The van der Waals surface area contributed by atoms with Crippen LogP contribution in [0.15, 0.2) is 27.0 Å². The molecule has 29 heavy (non-hydrogen) atoms. The van der Waals surface area contributed by atoms with Crippen LogP contribution in [0.3, 0.4) is 0 Å². The zero-order valence-electron chi connectivity index (χ0n) is 15.4. The highest BCUT2D eigenvalue weighted by molar-refractivity contribution is 7.13. The fraction of sp³-hybridized carbons (Fsp3) is 0.333. The lowest BCUT2D eigenvalue weighted by molar-refractivity contribution is -0.143. The van der Waals surface area contributed by atoms with E-state index in [4.69, 9.17) is 5.73 Å². The highest BCUT2D eigenvalue weighted by Crippen LogP contribution is 2.28. The van der Waals surface area contributed by atoms with Crippen LogP contribution in [0.4, 0.5) is 5.13 Å². The van der Waals surface area contributed by atoms with Gasteiger partial charge in [0.15, 0.2) is 16.5 Å². The Balaban J connectivity index is 1.79. The third-order valence-electron chi connectivity index (χ3n) is 4.04. The minimum Gasteiger partial charge on any atom is -0.477 e. The number of carbonyl (C=O) groups is 3. The smallest absolute Gasteiger partial charge is 0.354 e. The molecule has 4 N–H and O–H groups in total. The Morgan fingerprint density at radius 1 is 1.45 bits per heavy atom. The van der Waals surface area contributed by atoms with Crippen LogP contribution >= 0.6 is 11.3 Å². The summed E-state index contributed by atoms with van der Waals surface area (Å²) >= 11 is 1.12. The van der Waals surface area contributed by atoms with Gasteiger partial charge < -0.3 is 25.8 Å². The maximum Gasteiger partial charge on any atom is 0.354 e. The first-order valence-electron chi connectivity index (χ1n) is 8.12. The molecule has 3 rings (SSSR count). The number of carbonyl (C=O) groups excluding carboxylic acids is 2. The number of nitrogens with zero attached hydrogens (tertiary/aromatic N) is 5. The molecule has 154 valence electrons. The predicted molar refractivity (Wildman–Crippen MR) is 101 cm³/mol. The van der Waals surface area contributed by atoms with Gasteiger partial charge in [-0.05, 0) is 0 Å². The van der Waals surface area contributed by atoms with Gasteiger partial charge in [-0.25, -0.2) is 19.8 Å². The molecule has 13 nitrogen and oxygen atoms in total. The summed E-state index contributed by atoms with van der Waals surface area (Å²) in [4.78, 5) is 50.3. The zero-order chi connectivity index (χ0) is 21.1. The molecule has 1 aromatic rings. The van der Waals surface area contributed by atoms with Gasteiger partial charge in [0.05, 0.1) is 6.21 Å². The number of carboxylic acid groups (broad SMARTS) is 1. The fourth-order valence-electron chi connectivity index (χ4n) is 2.92. The number of nitrogen functional groups attached to an aromatic ring is 1. The predicted octanol–water partition coefficient (Wildman–Crippen LogP) is -1.40. The number of rotatable bonds is 7. The maximum atomic E-state index is 12.8. The normalized spacial score (nSPS) is 19.8. The molecule has 0 aliphatic carbocycles. The minimum atomic E-state index is -1.30. The van der Waals surface area contributed by atoms with E-state index in [1.807, 2.05) is 0 Å². The molecule has 0 bridgehead atoms. The fourth-order valence-corrected chi connectivity index (χ4v) is 3.47. The molecule has 0 spiro atoms. The van der Waals surface area contributed by atoms with Gasteiger partial charge in [-0.1, -0.05) is 10.3 Å². The second kappa shape index (κ2) is 8.24. The van der Waals surface area contributed by atoms with Crippen molar-refractivity contribution in [3.05, 3.63) is 22.3 Å². The zero-order valence-corrected chi connectivity index (χ0v) is 16.2. The summed E-state index contributed by atoms with van der Waals surface area (Å²) in [5.74, 6) is -2.61. The van der Waals surface area contributed by atoms with Crippen LogP contribution < -0.4 is 11.1 Å². The lowest BCUT2D eigenvalue weighted by Crippen LogP contribution is -2.46. The number of fused-ring (bicyclic) bond motifs is 1. The van der Waals surface area contributed by atoms with Gasteiger partial charge in [0.25, 0.3) is 11.8 Å². The van der Waals surface area contributed by atoms with E-state index in [0.29, 0.717) is 5.57 Å². The molecular formula is C15H17N7O6S. The van der Waals surface area contributed by atoms with Gasteiger partial charge in [0.2, 0.25) is 0 Å². The minimum absolute atomic E-state index is 0.0607. The van der Waals surface area contributed by atoms with Crippen LogP contribution in [0.25, 0.3) is 0 Å². The van der Waals surface area contributed by atoms with Crippen LogP contribution in [0.1, 0.15) is 5.69 Å². The number of aliphatic carboxylic acids is 1. The number of oxime groups is 2. The highest BCUT2D eigenvalue weighted by atomic mass is 32.1. The molecule has 1 saturated heterocycles. The molecule has 14 heteroatoms. The van der Waals surface area contributed by atoms with Crippen LogP contribution in [0.5, 0.6) is 0 Å². The Bertz CT molecular complexity index is 939. The number of nitrogens with two attached hydrogens (primary N) is 1. The van der Waals surface area contributed by atoms with Crippen LogP contribution in [0, 0.1) is 0 Å². The first-order chi connectivity index (χ1) is 13.9. The van der Waals surface area contributed by atoms with E-state index in [1.54, 1.807) is 0 Å². The van der Waals surface area contributed by atoms with Crippen molar-refractivity contribution in [1.29, 1.82) is 0 Å². The molecule has 1 atom stereocenters. The van der Waals surface area contributed by atoms with Gasteiger partial charge in [-0.2, -0.15) is 0 Å². The Morgan fingerprint density at radius 2 is 2.21 bits per heavy atom. The van der Waals surface area contributed by atoms with E-state index < -0.39 is 23.8 Å². The van der Waals surface area contributed by atoms with E-state index in [1.165, 1.54) is 30.8 Å². The number of anilines is 1. The Hall–Kier alpha value is -3.52. The van der Waals surface area contributed by atoms with Crippen molar-refractivity contribution < 1.29 is 29.2 Å². The van der Waals surface area contributed by atoms with Gasteiger partial charge in [-0.3, -0.25) is 9.59 Å². The largest absolute Gasteiger partial charge is 0.477 e. The Morgan fingerprint density at radius 3 is 2.79 bits per heavy atom. The van der Waals surface area contributed by atoms with Gasteiger partial charge in [0.1, 0.15) is 26.0 Å². The number of nitrogens with one attached hydrogen (secondary N) is 1. The van der Waals surface area contributed by atoms with Gasteiger partial charge in [0, 0.05) is 24.0 Å². The van der Waals surface area contributed by atoms with Crippen LogP contribution in [0.2, 0.25) is 0 Å². The van der Waals surface area contributed by atoms with Gasteiger partial charge >= 0.3 is 5.97 Å². The molecule has 1 fully saturated rings. The standard InChI is InChI=1S/C15H17N7O6S/c1-27-17-3-7-4-21-5-8(13(24)22(21)11(7)14(25)26)18-12(23)10(20-28-2)9-6-29-15(16)19-9/h3,6,8H,4-5H2,1-2H3,(H2,16,19)(H,18,23)(H,25,26)/b17-3+,20-10+/t8-/m0/s1. The van der Waals surface area contributed by atoms with E-state index >= 15 is 0 Å². The van der Waals surface area contributed by atoms with Crippen LogP contribution in [-0.2, 0) is 24.1 Å². The lowest BCUT2D eigenvalue weighted by Gasteiger charge is -2.19. The number of hydrogen-bond acceptors (Lipinski definition) is 11. The van der Waals surface area contributed by atoms with Crippen molar-refractivity contribution in [2.75, 3.05) is 33.0 Å². The Labute approximate surface area is 168 Å². The molecule has 2 amide bonds. The topological polar surface area (TPSA) is 172 Å². The monoisotopic (exact) mass is 423 g/mol. The van der Waals surface area contributed by atoms with E-state index in [0.717, 1.165) is 16.3 Å². The number of amides is 2. The van der Waals surface area contributed by atoms with Crippen molar-refractivity contribution in [3.63, 3.8) is 0 Å².